The van der Waals surface area contributed by atoms with Crippen LogP contribution in [0.2, 0.25) is 0 Å². The van der Waals surface area contributed by atoms with Gasteiger partial charge in [-0.15, -0.1) is 0 Å². The zero-order chi connectivity index (χ0) is 30.7. The quantitative estimate of drug-likeness (QED) is 0.244. The van der Waals surface area contributed by atoms with Crippen molar-refractivity contribution in [3.63, 3.8) is 0 Å². The molecule has 14 unspecified atom stereocenters. The van der Waals surface area contributed by atoms with Crippen molar-refractivity contribution in [3.8, 4) is 0 Å². The second-order valence-electron chi connectivity index (χ2n) is 14.9. The van der Waals surface area contributed by atoms with E-state index in [0.29, 0.717) is 23.7 Å². The summed E-state index contributed by atoms with van der Waals surface area (Å²) in [4.78, 5) is 62.3. The number of rotatable bonds is 7. The summed E-state index contributed by atoms with van der Waals surface area (Å²) in [6, 6.07) is -0.0289. The molecule has 0 spiro atoms. The molecule has 4 fully saturated rings. The van der Waals surface area contributed by atoms with E-state index in [1.807, 2.05) is 24.3 Å². The molecular formula is C34H50N4O4. The third kappa shape index (κ3) is 5.72. The number of isocyanates is 4. The highest BCUT2D eigenvalue weighted by atomic mass is 16.1. The molecule has 8 heteroatoms. The predicted molar refractivity (Wildman–Crippen MR) is 161 cm³/mol. The van der Waals surface area contributed by atoms with Gasteiger partial charge in [-0.2, -0.15) is 0 Å². The summed E-state index contributed by atoms with van der Waals surface area (Å²) in [5, 5.41) is 0. The largest absolute Gasteiger partial charge is 0.235 e. The van der Waals surface area contributed by atoms with Crippen LogP contribution in [0.3, 0.4) is 0 Å². The van der Waals surface area contributed by atoms with Gasteiger partial charge in [-0.05, 0) is 122 Å². The molecule has 0 aliphatic heterocycles. The van der Waals surface area contributed by atoms with Gasteiger partial charge in [0.1, 0.15) is 0 Å². The molecule has 42 heavy (non-hydrogen) atoms. The molecule has 4 saturated carbocycles. The van der Waals surface area contributed by atoms with Crippen molar-refractivity contribution >= 4 is 24.3 Å². The van der Waals surface area contributed by atoms with Crippen molar-refractivity contribution in [2.75, 3.05) is 0 Å². The van der Waals surface area contributed by atoms with Crippen LogP contribution in [0.25, 0.3) is 0 Å². The average molecular weight is 579 g/mol. The maximum Gasteiger partial charge on any atom is 0.235 e. The molecular weight excluding hydrogens is 528 g/mol. The standard InChI is InChI=1S/C34H50N4O4/c1-21-13-31(37-19-41)23(3)12-28(21)34(16-25(5)32(38-20-42)14-26(34)6)33(10-9-30(36-18-40)24(4)15-33)27-7-8-29(35-17-39)22(2)11-27/h21-32H,7-16H2,1-6H3. The van der Waals surface area contributed by atoms with Crippen molar-refractivity contribution in [2.24, 2.45) is 78.1 Å². The first-order valence-corrected chi connectivity index (χ1v) is 16.4. The average Bonchev–Trinajstić information content (AvgIpc) is 2.95. The first kappa shape index (κ1) is 32.4. The van der Waals surface area contributed by atoms with E-state index in [1.54, 1.807) is 0 Å². The molecule has 0 amide bonds. The Hall–Kier alpha value is -2.48. The van der Waals surface area contributed by atoms with Crippen LogP contribution in [0, 0.1) is 58.2 Å². The second kappa shape index (κ2) is 13.4. The number of nitrogens with zero attached hydrogens (tertiary/aromatic N) is 4. The molecule has 0 aromatic carbocycles. The molecule has 14 atom stereocenters. The topological polar surface area (TPSA) is 118 Å². The van der Waals surface area contributed by atoms with Crippen LogP contribution in [0.5, 0.6) is 0 Å². The Labute approximate surface area is 251 Å². The minimum Gasteiger partial charge on any atom is -0.211 e. The van der Waals surface area contributed by atoms with Gasteiger partial charge in [0, 0.05) is 0 Å². The van der Waals surface area contributed by atoms with Gasteiger partial charge in [0.25, 0.3) is 0 Å². The normalized spacial score (nSPS) is 47.5. The lowest BCUT2D eigenvalue weighted by Gasteiger charge is -2.69. The zero-order valence-electron chi connectivity index (χ0n) is 26.4. The highest BCUT2D eigenvalue weighted by Gasteiger charge is 2.66. The molecule has 0 radical (unpaired) electrons. The van der Waals surface area contributed by atoms with Crippen LogP contribution >= 0.6 is 0 Å². The van der Waals surface area contributed by atoms with Crippen LogP contribution in [-0.4, -0.2) is 48.5 Å². The van der Waals surface area contributed by atoms with Gasteiger partial charge >= 0.3 is 0 Å². The Kier molecular flexibility index (Phi) is 10.4. The minimum absolute atomic E-state index is 0.00117. The van der Waals surface area contributed by atoms with Gasteiger partial charge < -0.3 is 0 Å². The zero-order valence-corrected chi connectivity index (χ0v) is 26.4. The lowest BCUT2D eigenvalue weighted by atomic mass is 9.36. The fourth-order valence-electron chi connectivity index (χ4n) is 11.1. The molecule has 0 aromatic heterocycles. The molecule has 8 nitrogen and oxygen atoms in total. The van der Waals surface area contributed by atoms with Gasteiger partial charge in [-0.1, -0.05) is 41.5 Å². The van der Waals surface area contributed by atoms with E-state index >= 15 is 0 Å². The molecule has 0 N–H and O–H groups in total. The Balaban J connectivity index is 1.89. The highest BCUT2D eigenvalue weighted by Crippen LogP contribution is 2.71. The van der Waals surface area contributed by atoms with Crippen molar-refractivity contribution in [2.45, 2.75) is 130 Å². The van der Waals surface area contributed by atoms with Crippen LogP contribution < -0.4 is 0 Å². The summed E-state index contributed by atoms with van der Waals surface area (Å²) in [6.45, 7) is 13.8. The lowest BCUT2D eigenvalue weighted by molar-refractivity contribution is -0.197. The summed E-state index contributed by atoms with van der Waals surface area (Å²) in [5.74, 6) is 2.61. The Morgan fingerprint density at radius 2 is 1.05 bits per heavy atom. The highest BCUT2D eigenvalue weighted by molar-refractivity contribution is 5.35. The molecule has 4 rings (SSSR count). The van der Waals surface area contributed by atoms with E-state index in [-0.39, 0.29) is 58.7 Å². The third-order valence-corrected chi connectivity index (χ3v) is 13.0. The van der Waals surface area contributed by atoms with Gasteiger partial charge in [-0.3, -0.25) is 0 Å². The van der Waals surface area contributed by atoms with Gasteiger partial charge in [0.05, 0.1) is 24.2 Å². The van der Waals surface area contributed by atoms with E-state index in [2.05, 4.69) is 61.5 Å². The Bertz CT molecular complexity index is 1170. The molecule has 4 aliphatic rings. The molecule has 0 bridgehead atoms. The summed E-state index contributed by atoms with van der Waals surface area (Å²) in [5.41, 5.74) is -0.0332. The molecule has 0 heterocycles. The van der Waals surface area contributed by atoms with E-state index in [4.69, 9.17) is 0 Å². The van der Waals surface area contributed by atoms with Crippen molar-refractivity contribution in [1.82, 2.24) is 0 Å². The number of hydrogen-bond acceptors (Lipinski definition) is 8. The summed E-state index contributed by atoms with van der Waals surface area (Å²) >= 11 is 0. The number of aliphatic imine (C=N–C) groups is 4. The Morgan fingerprint density at radius 3 is 1.62 bits per heavy atom. The van der Waals surface area contributed by atoms with Crippen LogP contribution in [0.15, 0.2) is 20.0 Å². The van der Waals surface area contributed by atoms with E-state index < -0.39 is 0 Å². The Morgan fingerprint density at radius 1 is 0.524 bits per heavy atom. The third-order valence-electron chi connectivity index (χ3n) is 13.0. The van der Waals surface area contributed by atoms with Gasteiger partial charge in [0.15, 0.2) is 0 Å². The summed E-state index contributed by atoms with van der Waals surface area (Å²) < 4.78 is 0. The van der Waals surface area contributed by atoms with Crippen LogP contribution in [0.4, 0.5) is 0 Å². The second-order valence-corrected chi connectivity index (χ2v) is 14.9. The summed E-state index contributed by atoms with van der Waals surface area (Å²) in [6.07, 6.45) is 16.9. The smallest absolute Gasteiger partial charge is 0.211 e. The first-order valence-electron chi connectivity index (χ1n) is 16.4. The minimum atomic E-state index is -0.0311. The fourth-order valence-corrected chi connectivity index (χ4v) is 11.1. The number of carbonyl (C=O) groups excluding carboxylic acids is 4. The summed E-state index contributed by atoms with van der Waals surface area (Å²) in [7, 11) is 0. The predicted octanol–water partition coefficient (Wildman–Crippen LogP) is 6.78. The molecule has 230 valence electrons. The van der Waals surface area contributed by atoms with Gasteiger partial charge in [-0.25, -0.2) is 39.1 Å². The fraction of sp³-hybridized carbons (Fsp3) is 0.882. The SMILES string of the molecule is CC1CC(C2(C3(C4CC(C)C(N=C=O)CC4C)CC(C)C(N=C=O)CC3C)CCC(N=C=O)C(C)C2)CCC1N=C=O. The van der Waals surface area contributed by atoms with Crippen LogP contribution in [0.1, 0.15) is 106 Å². The maximum atomic E-state index is 11.4. The van der Waals surface area contributed by atoms with Gasteiger partial charge in [0.2, 0.25) is 24.3 Å². The lowest BCUT2D eigenvalue weighted by Crippen LogP contribution is -2.63. The first-order chi connectivity index (χ1) is 20.1. The molecule has 4 aliphatic carbocycles. The maximum absolute atomic E-state index is 11.4. The van der Waals surface area contributed by atoms with E-state index in [0.717, 1.165) is 64.2 Å². The van der Waals surface area contributed by atoms with Crippen molar-refractivity contribution in [3.05, 3.63) is 0 Å². The monoisotopic (exact) mass is 578 g/mol. The van der Waals surface area contributed by atoms with Crippen molar-refractivity contribution in [1.29, 1.82) is 0 Å². The van der Waals surface area contributed by atoms with Crippen molar-refractivity contribution < 1.29 is 19.2 Å². The molecule has 0 aromatic rings. The van der Waals surface area contributed by atoms with E-state index in [1.165, 1.54) is 0 Å². The number of hydrogen-bond donors (Lipinski definition) is 0. The van der Waals surface area contributed by atoms with Crippen LogP contribution in [-0.2, 0) is 19.2 Å². The molecule has 0 saturated heterocycles. The van der Waals surface area contributed by atoms with E-state index in [9.17, 15) is 19.2 Å².